The van der Waals surface area contributed by atoms with Crippen molar-refractivity contribution in [2.75, 3.05) is 6.61 Å². The van der Waals surface area contributed by atoms with Gasteiger partial charge in [-0.3, -0.25) is 0 Å². The summed E-state index contributed by atoms with van der Waals surface area (Å²) < 4.78 is 0. The van der Waals surface area contributed by atoms with Crippen molar-refractivity contribution in [1.82, 2.24) is 0 Å². The van der Waals surface area contributed by atoms with Crippen molar-refractivity contribution in [3.63, 3.8) is 0 Å². The van der Waals surface area contributed by atoms with Crippen molar-refractivity contribution in [2.45, 2.75) is 26.7 Å². The molecular weight excluding hydrogens is 112 g/mol. The quantitative estimate of drug-likeness (QED) is 0.530. The van der Waals surface area contributed by atoms with Crippen molar-refractivity contribution in [3.05, 3.63) is 11.6 Å². The van der Waals surface area contributed by atoms with Gasteiger partial charge < -0.3 is 5.11 Å². The predicted molar refractivity (Wildman–Crippen MR) is 38.2 cm³/mol. The summed E-state index contributed by atoms with van der Waals surface area (Å²) in [6, 6.07) is 0. The van der Waals surface area contributed by atoms with E-state index in [2.05, 4.69) is 19.9 Å². The summed E-state index contributed by atoms with van der Waals surface area (Å²) in [6.07, 6.45) is 4.35. The molecule has 0 aromatic rings. The molecule has 0 aromatic carbocycles. The second-order valence-corrected chi connectivity index (χ2v) is 3.57. The van der Waals surface area contributed by atoms with Gasteiger partial charge in [-0.2, -0.15) is 0 Å². The smallest absolute Gasteiger partial charge is 0.0641 e. The van der Waals surface area contributed by atoms with Gasteiger partial charge in [0.1, 0.15) is 0 Å². The molecule has 1 nitrogen and oxygen atoms in total. The average molecular weight is 126 g/mol. The normalized spacial score (nSPS) is 24.1. The van der Waals surface area contributed by atoms with Gasteiger partial charge in [-0.25, -0.2) is 0 Å². The molecule has 52 valence electrons. The number of hydrogen-bond donors (Lipinski definition) is 1. The monoisotopic (exact) mass is 126 g/mol. The van der Waals surface area contributed by atoms with Crippen molar-refractivity contribution in [2.24, 2.45) is 5.41 Å². The van der Waals surface area contributed by atoms with E-state index in [1.165, 1.54) is 5.57 Å². The highest BCUT2D eigenvalue weighted by molar-refractivity contribution is 5.12. The lowest BCUT2D eigenvalue weighted by molar-refractivity contribution is 0.312. The Kier molecular flexibility index (Phi) is 1.62. The molecule has 0 heterocycles. The van der Waals surface area contributed by atoms with Crippen LogP contribution in [0.4, 0.5) is 0 Å². The molecule has 0 atom stereocenters. The maximum Gasteiger partial charge on any atom is 0.0641 e. The lowest BCUT2D eigenvalue weighted by Crippen LogP contribution is -2.05. The van der Waals surface area contributed by atoms with E-state index in [0.717, 1.165) is 12.8 Å². The van der Waals surface area contributed by atoms with Crippen LogP contribution in [0.3, 0.4) is 0 Å². The highest BCUT2D eigenvalue weighted by Crippen LogP contribution is 2.35. The minimum absolute atomic E-state index is 0.253. The zero-order valence-electron chi connectivity index (χ0n) is 6.15. The second-order valence-electron chi connectivity index (χ2n) is 3.57. The van der Waals surface area contributed by atoms with Crippen LogP contribution in [0.1, 0.15) is 26.7 Å². The molecule has 1 aliphatic rings. The first-order chi connectivity index (χ1) is 4.14. The fourth-order valence-corrected chi connectivity index (χ4v) is 1.30. The van der Waals surface area contributed by atoms with Crippen molar-refractivity contribution in [3.8, 4) is 0 Å². The van der Waals surface area contributed by atoms with Crippen LogP contribution in [0, 0.1) is 5.41 Å². The summed E-state index contributed by atoms with van der Waals surface area (Å²) in [4.78, 5) is 0. The summed E-state index contributed by atoms with van der Waals surface area (Å²) in [5, 5.41) is 8.73. The van der Waals surface area contributed by atoms with E-state index in [1.54, 1.807) is 0 Å². The third-order valence-corrected chi connectivity index (χ3v) is 1.85. The van der Waals surface area contributed by atoms with Crippen LogP contribution >= 0.6 is 0 Å². The number of aliphatic hydroxyl groups excluding tert-OH is 1. The Labute approximate surface area is 56.4 Å². The van der Waals surface area contributed by atoms with Crippen LogP contribution in [0.25, 0.3) is 0 Å². The molecule has 9 heavy (non-hydrogen) atoms. The molecule has 0 unspecified atom stereocenters. The van der Waals surface area contributed by atoms with Crippen molar-refractivity contribution >= 4 is 0 Å². The molecule has 1 heteroatoms. The van der Waals surface area contributed by atoms with Gasteiger partial charge in [0.15, 0.2) is 0 Å². The molecule has 0 saturated carbocycles. The topological polar surface area (TPSA) is 20.2 Å². The lowest BCUT2D eigenvalue weighted by atomic mass is 9.90. The number of rotatable bonds is 1. The number of allylic oxidation sites excluding steroid dienone is 1. The number of aliphatic hydroxyl groups is 1. The molecule has 0 amide bonds. The summed E-state index contributed by atoms with van der Waals surface area (Å²) >= 11 is 0. The first-order valence-corrected chi connectivity index (χ1v) is 3.43. The van der Waals surface area contributed by atoms with Crippen LogP contribution in [0.15, 0.2) is 11.6 Å². The third-order valence-electron chi connectivity index (χ3n) is 1.85. The molecule has 1 aliphatic carbocycles. The summed E-state index contributed by atoms with van der Waals surface area (Å²) in [6.45, 7) is 4.71. The molecule has 0 saturated heterocycles. The maximum atomic E-state index is 8.73. The molecule has 1 N–H and O–H groups in total. The first kappa shape index (κ1) is 6.81. The highest BCUT2D eigenvalue weighted by atomic mass is 16.3. The Morgan fingerprint density at radius 3 is 2.56 bits per heavy atom. The maximum absolute atomic E-state index is 8.73. The Balaban J connectivity index is 2.50. The zero-order valence-corrected chi connectivity index (χ0v) is 6.15. The molecule has 0 bridgehead atoms. The van der Waals surface area contributed by atoms with Crippen LogP contribution in [-0.2, 0) is 0 Å². The van der Waals surface area contributed by atoms with E-state index < -0.39 is 0 Å². The van der Waals surface area contributed by atoms with Crippen molar-refractivity contribution in [1.29, 1.82) is 0 Å². The zero-order chi connectivity index (χ0) is 6.91. The highest BCUT2D eigenvalue weighted by Gasteiger charge is 2.23. The third kappa shape index (κ3) is 1.55. The predicted octanol–water partition coefficient (Wildman–Crippen LogP) is 1.73. The van der Waals surface area contributed by atoms with E-state index in [9.17, 15) is 0 Å². The average Bonchev–Trinajstić information content (AvgIpc) is 2.10. The summed E-state index contributed by atoms with van der Waals surface area (Å²) in [5.74, 6) is 0. The van der Waals surface area contributed by atoms with Gasteiger partial charge >= 0.3 is 0 Å². The number of hydrogen-bond acceptors (Lipinski definition) is 1. The van der Waals surface area contributed by atoms with Gasteiger partial charge in [0, 0.05) is 0 Å². The lowest BCUT2D eigenvalue weighted by Gasteiger charge is -2.15. The van der Waals surface area contributed by atoms with E-state index in [1.807, 2.05) is 0 Å². The Hall–Kier alpha value is -0.300. The Morgan fingerprint density at radius 1 is 1.67 bits per heavy atom. The largest absolute Gasteiger partial charge is 0.392 e. The second kappa shape index (κ2) is 2.14. The standard InChI is InChI=1S/C8H14O/c1-8(2)4-3-7(5-8)6-9/h3,9H,4-6H2,1-2H3. The summed E-state index contributed by atoms with van der Waals surface area (Å²) in [5.41, 5.74) is 1.62. The van der Waals surface area contributed by atoms with Gasteiger partial charge in [-0.05, 0) is 23.8 Å². The van der Waals surface area contributed by atoms with E-state index >= 15 is 0 Å². The Bertz CT molecular complexity index is 134. The molecule has 0 fully saturated rings. The van der Waals surface area contributed by atoms with Crippen LogP contribution in [0.2, 0.25) is 0 Å². The fraction of sp³-hybridized carbons (Fsp3) is 0.750. The van der Waals surface area contributed by atoms with Gasteiger partial charge in [-0.15, -0.1) is 0 Å². The molecule has 0 aliphatic heterocycles. The van der Waals surface area contributed by atoms with E-state index in [-0.39, 0.29) is 6.61 Å². The van der Waals surface area contributed by atoms with E-state index in [0.29, 0.717) is 5.41 Å². The minimum Gasteiger partial charge on any atom is -0.392 e. The Morgan fingerprint density at radius 2 is 2.33 bits per heavy atom. The summed E-state index contributed by atoms with van der Waals surface area (Å²) in [7, 11) is 0. The molecule has 0 spiro atoms. The first-order valence-electron chi connectivity index (χ1n) is 3.43. The molecular formula is C8H14O. The van der Waals surface area contributed by atoms with Crippen LogP contribution in [-0.4, -0.2) is 11.7 Å². The minimum atomic E-state index is 0.253. The van der Waals surface area contributed by atoms with Crippen LogP contribution in [0.5, 0.6) is 0 Å². The SMILES string of the molecule is CC1(C)CC=C(CO)C1. The van der Waals surface area contributed by atoms with Crippen LogP contribution < -0.4 is 0 Å². The van der Waals surface area contributed by atoms with Gasteiger partial charge in [-0.1, -0.05) is 19.9 Å². The van der Waals surface area contributed by atoms with E-state index in [4.69, 9.17) is 5.11 Å². The van der Waals surface area contributed by atoms with Gasteiger partial charge in [0.25, 0.3) is 0 Å². The van der Waals surface area contributed by atoms with Gasteiger partial charge in [0.05, 0.1) is 6.61 Å². The fourth-order valence-electron chi connectivity index (χ4n) is 1.30. The molecule has 0 aromatic heterocycles. The molecule has 0 radical (unpaired) electrons. The van der Waals surface area contributed by atoms with Crippen molar-refractivity contribution < 1.29 is 5.11 Å². The molecule has 1 rings (SSSR count). The van der Waals surface area contributed by atoms with Gasteiger partial charge in [0.2, 0.25) is 0 Å².